The van der Waals surface area contributed by atoms with Crippen LogP contribution in [0.1, 0.15) is 10.7 Å². The van der Waals surface area contributed by atoms with E-state index in [4.69, 9.17) is 0 Å². The van der Waals surface area contributed by atoms with Gasteiger partial charge in [0.15, 0.2) is 5.16 Å². The molecule has 3 aromatic heterocycles. The van der Waals surface area contributed by atoms with Crippen LogP contribution in [0.5, 0.6) is 0 Å². The molecule has 4 rings (SSSR count). The molecule has 0 fully saturated rings. The van der Waals surface area contributed by atoms with Crippen molar-refractivity contribution in [1.82, 2.24) is 19.6 Å². The lowest BCUT2D eigenvalue weighted by Gasteiger charge is -1.97. The van der Waals surface area contributed by atoms with Crippen molar-refractivity contribution < 1.29 is 0 Å². The molecule has 3 heterocycles. The topological polar surface area (TPSA) is 43.1 Å². The SMILES string of the molecule is Cc1nc(CSc2nnc3sc4ccccc4n23)cs1. The van der Waals surface area contributed by atoms with E-state index in [-0.39, 0.29) is 0 Å². The van der Waals surface area contributed by atoms with E-state index < -0.39 is 0 Å². The van der Waals surface area contributed by atoms with Gasteiger partial charge in [0.2, 0.25) is 4.96 Å². The van der Waals surface area contributed by atoms with Gasteiger partial charge in [-0.2, -0.15) is 0 Å². The Morgan fingerprint density at radius 2 is 2.15 bits per heavy atom. The summed E-state index contributed by atoms with van der Waals surface area (Å²) in [5.41, 5.74) is 2.28. The summed E-state index contributed by atoms with van der Waals surface area (Å²) in [5, 5.41) is 12.7. The first-order valence-corrected chi connectivity index (χ1v) is 8.76. The third kappa shape index (κ3) is 2.02. The molecule has 0 radical (unpaired) electrons. The van der Waals surface area contributed by atoms with Gasteiger partial charge in [0.05, 0.1) is 20.9 Å². The smallest absolute Gasteiger partial charge is 0.217 e. The monoisotopic (exact) mass is 318 g/mol. The largest absolute Gasteiger partial charge is 0.260 e. The standard InChI is InChI=1S/C13H10N4S3/c1-8-14-9(6-18-8)7-19-12-15-16-13-17(12)10-4-2-3-5-11(10)20-13/h2-6H,7H2,1H3. The molecule has 0 unspecified atom stereocenters. The van der Waals surface area contributed by atoms with E-state index in [1.54, 1.807) is 34.4 Å². The summed E-state index contributed by atoms with van der Waals surface area (Å²) in [7, 11) is 0. The van der Waals surface area contributed by atoms with Gasteiger partial charge >= 0.3 is 0 Å². The van der Waals surface area contributed by atoms with Crippen LogP contribution in [0.3, 0.4) is 0 Å². The average Bonchev–Trinajstić information content (AvgIpc) is 3.11. The van der Waals surface area contributed by atoms with Gasteiger partial charge in [0.1, 0.15) is 0 Å². The summed E-state index contributed by atoms with van der Waals surface area (Å²) in [6, 6.07) is 8.33. The number of benzene rings is 1. The molecule has 0 spiro atoms. The third-order valence-electron chi connectivity index (χ3n) is 2.93. The Morgan fingerprint density at radius 3 is 3.00 bits per heavy atom. The predicted molar refractivity (Wildman–Crippen MR) is 84.8 cm³/mol. The molecule has 0 saturated heterocycles. The minimum absolute atomic E-state index is 0.829. The first-order valence-electron chi connectivity index (χ1n) is 6.08. The molecule has 0 aliphatic rings. The van der Waals surface area contributed by atoms with E-state index >= 15 is 0 Å². The van der Waals surface area contributed by atoms with Crippen LogP contribution in [0.2, 0.25) is 0 Å². The molecule has 100 valence electrons. The van der Waals surface area contributed by atoms with Crippen molar-refractivity contribution in [1.29, 1.82) is 0 Å². The quantitative estimate of drug-likeness (QED) is 0.536. The Labute approximate surface area is 127 Å². The van der Waals surface area contributed by atoms with Crippen molar-refractivity contribution in [2.75, 3.05) is 0 Å². The molecule has 4 nitrogen and oxygen atoms in total. The van der Waals surface area contributed by atoms with Crippen LogP contribution >= 0.6 is 34.4 Å². The summed E-state index contributed by atoms with van der Waals surface area (Å²) in [6.45, 7) is 2.03. The number of fused-ring (bicyclic) bond motifs is 3. The number of rotatable bonds is 3. The average molecular weight is 318 g/mol. The predicted octanol–water partition coefficient (Wildman–Crippen LogP) is 4.00. The highest BCUT2D eigenvalue weighted by Crippen LogP contribution is 2.30. The lowest BCUT2D eigenvalue weighted by atomic mass is 10.3. The van der Waals surface area contributed by atoms with Gasteiger partial charge in [-0.1, -0.05) is 35.2 Å². The number of hydrogen-bond donors (Lipinski definition) is 0. The van der Waals surface area contributed by atoms with Crippen LogP contribution in [0, 0.1) is 6.92 Å². The van der Waals surface area contributed by atoms with Crippen LogP contribution < -0.4 is 0 Å². The fourth-order valence-corrected chi connectivity index (χ4v) is 4.64. The van der Waals surface area contributed by atoms with Crippen molar-refractivity contribution in [3.8, 4) is 0 Å². The molecule has 0 aliphatic heterocycles. The number of thioether (sulfide) groups is 1. The summed E-state index contributed by atoms with van der Waals surface area (Å²) in [6.07, 6.45) is 0. The Morgan fingerprint density at radius 1 is 1.25 bits per heavy atom. The number of hydrogen-bond acceptors (Lipinski definition) is 6. The lowest BCUT2D eigenvalue weighted by molar-refractivity contribution is 0.939. The highest BCUT2D eigenvalue weighted by molar-refractivity contribution is 7.98. The Bertz CT molecular complexity index is 889. The molecule has 0 saturated carbocycles. The van der Waals surface area contributed by atoms with E-state index in [0.717, 1.165) is 26.6 Å². The zero-order valence-corrected chi connectivity index (χ0v) is 13.1. The molecule has 1 aromatic carbocycles. The third-order valence-corrected chi connectivity index (χ3v) is 5.72. The van der Waals surface area contributed by atoms with Gasteiger partial charge in [0, 0.05) is 11.1 Å². The fourth-order valence-electron chi connectivity index (χ4n) is 2.06. The van der Waals surface area contributed by atoms with E-state index in [2.05, 4.69) is 43.2 Å². The van der Waals surface area contributed by atoms with Gasteiger partial charge in [-0.25, -0.2) is 4.98 Å². The second-order valence-corrected chi connectivity index (χ2v) is 7.33. The van der Waals surface area contributed by atoms with Gasteiger partial charge in [-0.05, 0) is 19.1 Å². The summed E-state index contributed by atoms with van der Waals surface area (Å²) < 4.78 is 3.37. The molecule has 20 heavy (non-hydrogen) atoms. The van der Waals surface area contributed by atoms with Crippen molar-refractivity contribution in [3.05, 3.63) is 40.3 Å². The van der Waals surface area contributed by atoms with Gasteiger partial charge < -0.3 is 0 Å². The summed E-state index contributed by atoms with van der Waals surface area (Å²) in [4.78, 5) is 5.43. The van der Waals surface area contributed by atoms with Crippen LogP contribution in [0.15, 0.2) is 34.8 Å². The van der Waals surface area contributed by atoms with Crippen molar-refractivity contribution in [2.24, 2.45) is 0 Å². The maximum Gasteiger partial charge on any atom is 0.217 e. The van der Waals surface area contributed by atoms with Crippen LogP contribution in [0.25, 0.3) is 15.2 Å². The van der Waals surface area contributed by atoms with E-state index in [9.17, 15) is 0 Å². The fraction of sp³-hybridized carbons (Fsp3) is 0.154. The molecular weight excluding hydrogens is 308 g/mol. The highest BCUT2D eigenvalue weighted by atomic mass is 32.2. The first-order chi connectivity index (χ1) is 9.81. The normalized spacial score (nSPS) is 11.7. The number of nitrogens with zero attached hydrogens (tertiary/aromatic N) is 4. The highest BCUT2D eigenvalue weighted by Gasteiger charge is 2.12. The molecule has 0 amide bonds. The van der Waals surface area contributed by atoms with E-state index in [0.29, 0.717) is 0 Å². The van der Waals surface area contributed by atoms with Crippen molar-refractivity contribution in [3.63, 3.8) is 0 Å². The summed E-state index contributed by atoms with van der Waals surface area (Å²) in [5.74, 6) is 0.829. The van der Waals surface area contributed by atoms with Gasteiger partial charge in [-0.3, -0.25) is 4.40 Å². The van der Waals surface area contributed by atoms with E-state index in [1.165, 1.54) is 10.2 Å². The number of aromatic nitrogens is 4. The molecule has 7 heteroatoms. The molecule has 0 bridgehead atoms. The van der Waals surface area contributed by atoms with Gasteiger partial charge in [0.25, 0.3) is 0 Å². The van der Waals surface area contributed by atoms with Crippen molar-refractivity contribution >= 4 is 49.6 Å². The number of thiazole rings is 2. The molecule has 0 atom stereocenters. The Hall–Kier alpha value is -1.44. The zero-order chi connectivity index (χ0) is 13.5. The van der Waals surface area contributed by atoms with Crippen molar-refractivity contribution in [2.45, 2.75) is 17.8 Å². The Kier molecular flexibility index (Phi) is 2.98. The summed E-state index contributed by atoms with van der Waals surface area (Å²) >= 11 is 5.04. The first kappa shape index (κ1) is 12.3. The minimum atomic E-state index is 0.829. The van der Waals surface area contributed by atoms with Crippen LogP contribution in [-0.4, -0.2) is 19.6 Å². The lowest BCUT2D eigenvalue weighted by Crippen LogP contribution is -1.87. The zero-order valence-electron chi connectivity index (χ0n) is 10.6. The second kappa shape index (κ2) is 4.83. The molecule has 0 N–H and O–H groups in total. The number of aryl methyl sites for hydroxylation is 1. The minimum Gasteiger partial charge on any atom is -0.260 e. The molecular formula is C13H10N4S3. The number of para-hydroxylation sites is 1. The van der Waals surface area contributed by atoms with Crippen LogP contribution in [0.4, 0.5) is 0 Å². The maximum absolute atomic E-state index is 4.48. The molecule has 4 aromatic rings. The molecule has 0 aliphatic carbocycles. The Balaban J connectivity index is 1.72. The van der Waals surface area contributed by atoms with E-state index in [1.807, 2.05) is 13.0 Å². The van der Waals surface area contributed by atoms with Gasteiger partial charge in [-0.15, -0.1) is 21.5 Å². The van der Waals surface area contributed by atoms with Crippen LogP contribution in [-0.2, 0) is 5.75 Å². The second-order valence-electron chi connectivity index (χ2n) is 4.32. The maximum atomic E-state index is 4.48.